The number of carbonyl (C=O) groups excluding carboxylic acids is 1. The molecule has 0 saturated carbocycles. The SMILES string of the molecule is C/C(=C\CCCCCCCCO[Si](C)(C)C(C)(C)C)C(N)=O. The Balaban J connectivity index is 3.53. The predicted octanol–water partition coefficient (Wildman–Crippen LogP) is 5.17. The molecule has 0 saturated heterocycles. The average Bonchev–Trinajstić information content (AvgIpc) is 2.39. The van der Waals surface area contributed by atoms with Gasteiger partial charge in [-0.25, -0.2) is 0 Å². The van der Waals surface area contributed by atoms with E-state index in [1.165, 1.54) is 32.1 Å². The van der Waals surface area contributed by atoms with Crippen LogP contribution in [0, 0.1) is 0 Å². The third-order valence-electron chi connectivity index (χ3n) is 4.71. The molecule has 0 radical (unpaired) electrons. The van der Waals surface area contributed by atoms with Gasteiger partial charge in [0.2, 0.25) is 5.91 Å². The van der Waals surface area contributed by atoms with E-state index in [1.807, 2.05) is 6.08 Å². The van der Waals surface area contributed by atoms with Crippen molar-refractivity contribution >= 4 is 14.2 Å². The highest BCUT2D eigenvalue weighted by atomic mass is 28.4. The zero-order valence-corrected chi connectivity index (χ0v) is 16.6. The topological polar surface area (TPSA) is 52.3 Å². The minimum absolute atomic E-state index is 0.304. The van der Waals surface area contributed by atoms with Crippen molar-refractivity contribution in [2.75, 3.05) is 6.61 Å². The van der Waals surface area contributed by atoms with E-state index in [2.05, 4.69) is 33.9 Å². The number of allylic oxidation sites excluding steroid dienone is 1. The Labute approximate surface area is 138 Å². The molecule has 130 valence electrons. The van der Waals surface area contributed by atoms with E-state index >= 15 is 0 Å². The number of amides is 1. The van der Waals surface area contributed by atoms with Crippen LogP contribution >= 0.6 is 0 Å². The summed E-state index contributed by atoms with van der Waals surface area (Å²) in [5, 5.41) is 0.309. The summed E-state index contributed by atoms with van der Waals surface area (Å²) in [4.78, 5) is 10.8. The Hall–Kier alpha value is -0.613. The van der Waals surface area contributed by atoms with Crippen LogP contribution in [0.15, 0.2) is 11.6 Å². The number of hydrogen-bond donors (Lipinski definition) is 1. The monoisotopic (exact) mass is 327 g/mol. The predicted molar refractivity (Wildman–Crippen MR) is 98.4 cm³/mol. The molecule has 1 amide bonds. The first-order valence-corrected chi connectivity index (χ1v) is 11.6. The number of unbranched alkanes of at least 4 members (excludes halogenated alkanes) is 6. The Morgan fingerprint density at radius 3 is 2.05 bits per heavy atom. The van der Waals surface area contributed by atoms with Gasteiger partial charge in [-0.3, -0.25) is 4.79 Å². The smallest absolute Gasteiger partial charge is 0.244 e. The van der Waals surface area contributed by atoms with Crippen molar-refractivity contribution in [1.29, 1.82) is 0 Å². The maximum absolute atomic E-state index is 10.8. The van der Waals surface area contributed by atoms with Gasteiger partial charge in [0.15, 0.2) is 8.32 Å². The van der Waals surface area contributed by atoms with Crippen LogP contribution < -0.4 is 5.73 Å². The maximum Gasteiger partial charge on any atom is 0.244 e. The second-order valence-electron chi connectivity index (χ2n) is 7.77. The molecule has 0 aromatic heterocycles. The molecule has 0 spiro atoms. The molecule has 2 N–H and O–H groups in total. The van der Waals surface area contributed by atoms with Gasteiger partial charge in [0.25, 0.3) is 0 Å². The molecule has 0 heterocycles. The molecule has 0 unspecified atom stereocenters. The largest absolute Gasteiger partial charge is 0.417 e. The molecule has 0 fully saturated rings. The molecule has 22 heavy (non-hydrogen) atoms. The van der Waals surface area contributed by atoms with Crippen molar-refractivity contribution < 1.29 is 9.22 Å². The summed E-state index contributed by atoms with van der Waals surface area (Å²) >= 11 is 0. The average molecular weight is 328 g/mol. The second-order valence-corrected chi connectivity index (χ2v) is 12.6. The van der Waals surface area contributed by atoms with E-state index in [0.717, 1.165) is 19.4 Å². The first-order chi connectivity index (χ1) is 10.1. The van der Waals surface area contributed by atoms with Gasteiger partial charge in [0.1, 0.15) is 0 Å². The van der Waals surface area contributed by atoms with Crippen LogP contribution in [0.1, 0.15) is 72.6 Å². The van der Waals surface area contributed by atoms with Crippen LogP contribution in [-0.4, -0.2) is 20.8 Å². The van der Waals surface area contributed by atoms with Gasteiger partial charge in [0.05, 0.1) is 0 Å². The lowest BCUT2D eigenvalue weighted by molar-refractivity contribution is -0.114. The lowest BCUT2D eigenvalue weighted by Gasteiger charge is -2.36. The molecule has 0 bridgehead atoms. The number of nitrogens with two attached hydrogens (primary N) is 1. The lowest BCUT2D eigenvalue weighted by Crippen LogP contribution is -2.40. The lowest BCUT2D eigenvalue weighted by atomic mass is 10.1. The van der Waals surface area contributed by atoms with Gasteiger partial charge in [-0.2, -0.15) is 0 Å². The summed E-state index contributed by atoms with van der Waals surface area (Å²) < 4.78 is 6.18. The quantitative estimate of drug-likeness (QED) is 0.323. The summed E-state index contributed by atoms with van der Waals surface area (Å²) in [6, 6.07) is 0. The molecule has 3 nitrogen and oxygen atoms in total. The fraction of sp³-hybridized carbons (Fsp3) is 0.833. The zero-order chi connectivity index (χ0) is 17.2. The van der Waals surface area contributed by atoms with Gasteiger partial charge in [-0.1, -0.05) is 52.5 Å². The number of hydrogen-bond acceptors (Lipinski definition) is 2. The summed E-state index contributed by atoms with van der Waals surface area (Å²) in [5.74, 6) is -0.304. The molecule has 0 aromatic rings. The molecule has 0 aliphatic heterocycles. The molecule has 0 aliphatic rings. The number of carbonyl (C=O) groups is 1. The highest BCUT2D eigenvalue weighted by Gasteiger charge is 2.36. The molecule has 0 atom stereocenters. The van der Waals surface area contributed by atoms with Gasteiger partial charge in [0, 0.05) is 12.2 Å². The van der Waals surface area contributed by atoms with Crippen LogP contribution in [0.4, 0.5) is 0 Å². The summed E-state index contributed by atoms with van der Waals surface area (Å²) in [7, 11) is -1.56. The third kappa shape index (κ3) is 9.41. The second kappa shape index (κ2) is 10.2. The van der Waals surface area contributed by atoms with E-state index in [-0.39, 0.29) is 5.91 Å². The highest BCUT2D eigenvalue weighted by molar-refractivity contribution is 6.74. The molecule has 0 aromatic carbocycles. The molecular weight excluding hydrogens is 290 g/mol. The summed E-state index contributed by atoms with van der Waals surface area (Å²) in [5.41, 5.74) is 5.87. The molecule has 4 heteroatoms. The Morgan fingerprint density at radius 2 is 1.55 bits per heavy atom. The van der Waals surface area contributed by atoms with E-state index in [9.17, 15) is 4.79 Å². The standard InChI is InChI=1S/C18H37NO2Si/c1-16(17(19)20)14-12-10-8-7-9-11-13-15-21-22(5,6)18(2,3)4/h14H,7-13,15H2,1-6H3,(H2,19,20)/b16-14+. The van der Waals surface area contributed by atoms with Crippen LogP contribution in [0.2, 0.25) is 18.1 Å². The van der Waals surface area contributed by atoms with Gasteiger partial charge in [-0.15, -0.1) is 0 Å². The van der Waals surface area contributed by atoms with Crippen molar-refractivity contribution in [2.24, 2.45) is 5.73 Å². The molecule has 0 rings (SSSR count). The van der Waals surface area contributed by atoms with E-state index < -0.39 is 8.32 Å². The first kappa shape index (κ1) is 21.4. The maximum atomic E-state index is 10.8. The van der Waals surface area contributed by atoms with Crippen LogP contribution in [0.3, 0.4) is 0 Å². The van der Waals surface area contributed by atoms with Gasteiger partial charge < -0.3 is 10.2 Å². The fourth-order valence-corrected chi connectivity index (χ4v) is 3.00. The van der Waals surface area contributed by atoms with Crippen LogP contribution in [-0.2, 0) is 9.22 Å². The first-order valence-electron chi connectivity index (χ1n) is 8.68. The summed E-state index contributed by atoms with van der Waals surface area (Å²) in [6.07, 6.45) is 10.3. The van der Waals surface area contributed by atoms with Crippen LogP contribution in [0.25, 0.3) is 0 Å². The van der Waals surface area contributed by atoms with E-state index in [0.29, 0.717) is 10.6 Å². The Morgan fingerprint density at radius 1 is 1.05 bits per heavy atom. The third-order valence-corrected chi connectivity index (χ3v) is 9.24. The summed E-state index contributed by atoms with van der Waals surface area (Å²) in [6.45, 7) is 14.2. The Bertz CT molecular complexity index is 357. The van der Waals surface area contributed by atoms with Crippen molar-refractivity contribution in [2.45, 2.75) is 90.8 Å². The zero-order valence-electron chi connectivity index (χ0n) is 15.6. The van der Waals surface area contributed by atoms with E-state index in [1.54, 1.807) is 6.92 Å². The van der Waals surface area contributed by atoms with Crippen LogP contribution in [0.5, 0.6) is 0 Å². The fourth-order valence-electron chi connectivity index (χ4n) is 1.92. The van der Waals surface area contributed by atoms with Crippen molar-refractivity contribution in [3.8, 4) is 0 Å². The molecular formula is C18H37NO2Si. The highest BCUT2D eigenvalue weighted by Crippen LogP contribution is 2.36. The minimum atomic E-state index is -1.56. The van der Waals surface area contributed by atoms with Crippen molar-refractivity contribution in [3.63, 3.8) is 0 Å². The van der Waals surface area contributed by atoms with Gasteiger partial charge in [-0.05, 0) is 44.3 Å². The number of rotatable bonds is 11. The minimum Gasteiger partial charge on any atom is -0.417 e. The normalized spacial score (nSPS) is 13.5. The molecule has 0 aliphatic carbocycles. The van der Waals surface area contributed by atoms with E-state index in [4.69, 9.17) is 10.2 Å². The van der Waals surface area contributed by atoms with Crippen molar-refractivity contribution in [1.82, 2.24) is 0 Å². The van der Waals surface area contributed by atoms with Crippen molar-refractivity contribution in [3.05, 3.63) is 11.6 Å². The number of primary amides is 1. The Kier molecular flexibility index (Phi) is 9.93. The van der Waals surface area contributed by atoms with Gasteiger partial charge >= 0.3 is 0 Å².